The number of fused-ring (bicyclic) bond motifs is 1. The maximum atomic E-state index is 13.9. The highest BCUT2D eigenvalue weighted by molar-refractivity contribution is 8.05. The van der Waals surface area contributed by atoms with Crippen molar-refractivity contribution in [1.82, 2.24) is 25.3 Å². The van der Waals surface area contributed by atoms with Gasteiger partial charge in [-0.25, -0.2) is 9.59 Å². The van der Waals surface area contributed by atoms with Crippen LogP contribution < -0.4 is 10.6 Å². The van der Waals surface area contributed by atoms with Gasteiger partial charge >= 0.3 is 29.8 Å². The van der Waals surface area contributed by atoms with Gasteiger partial charge < -0.3 is 25.4 Å². The van der Waals surface area contributed by atoms with Crippen LogP contribution >= 0.6 is 23.5 Å². The van der Waals surface area contributed by atoms with Gasteiger partial charge in [-0.15, -0.1) is 23.5 Å². The highest BCUT2D eigenvalue weighted by atomic mass is 32.2. The predicted octanol–water partition coefficient (Wildman–Crippen LogP) is 2.46. The number of urea groups is 1. The van der Waals surface area contributed by atoms with Gasteiger partial charge in [0.2, 0.25) is 5.91 Å². The Kier molecular flexibility index (Phi) is 12.5. The molecule has 2 fully saturated rings. The zero-order valence-electron chi connectivity index (χ0n) is 27.2. The number of carboxylic acid groups (broad SMARTS) is 1. The molecule has 3 N–H and O–H groups in total. The summed E-state index contributed by atoms with van der Waals surface area (Å²) in [5, 5.41) is 14.4. The fourth-order valence-electron chi connectivity index (χ4n) is 5.81. The molecule has 0 saturated carbocycles. The van der Waals surface area contributed by atoms with E-state index >= 15 is 0 Å². The number of β-lactam (4-membered cyclic amide) rings is 1. The summed E-state index contributed by atoms with van der Waals surface area (Å²) in [4.78, 5) is 92.2. The molecule has 0 aliphatic carbocycles. The van der Waals surface area contributed by atoms with E-state index in [4.69, 9.17) is 4.74 Å². The number of esters is 1. The first-order valence-electron chi connectivity index (χ1n) is 15.8. The molecule has 1 aromatic rings. The summed E-state index contributed by atoms with van der Waals surface area (Å²) in [5.41, 5.74) is 0.291. The van der Waals surface area contributed by atoms with E-state index in [0.29, 0.717) is 12.1 Å². The van der Waals surface area contributed by atoms with E-state index in [9.17, 15) is 38.7 Å². The number of rotatable bonds is 15. The number of piperazine rings is 1. The second-order valence-electron chi connectivity index (χ2n) is 11.6. The van der Waals surface area contributed by atoms with Crippen molar-refractivity contribution in [2.24, 2.45) is 0 Å². The Labute approximate surface area is 287 Å². The molecule has 4 rings (SSSR count). The van der Waals surface area contributed by atoms with Crippen LogP contribution in [0.4, 0.5) is 4.79 Å². The number of amides is 6. The summed E-state index contributed by atoms with van der Waals surface area (Å²) in [7, 11) is 0. The Balaban J connectivity index is 1.47. The molecule has 2 saturated heterocycles. The lowest BCUT2D eigenvalue weighted by atomic mass is 10.00. The van der Waals surface area contributed by atoms with Crippen molar-refractivity contribution < 1.29 is 43.4 Å². The predicted molar refractivity (Wildman–Crippen MR) is 178 cm³/mol. The molecule has 48 heavy (non-hydrogen) atoms. The minimum absolute atomic E-state index is 0.0454. The molecule has 6 amide bonds. The molecule has 0 bridgehead atoms. The minimum Gasteiger partial charge on any atom is -0.477 e. The second kappa shape index (κ2) is 16.4. The van der Waals surface area contributed by atoms with Gasteiger partial charge in [-0.05, 0) is 18.2 Å². The van der Waals surface area contributed by atoms with Crippen molar-refractivity contribution in [3.63, 3.8) is 0 Å². The third kappa shape index (κ3) is 7.80. The number of carbonyl (C=O) groups is 7. The molecule has 0 aromatic heterocycles. The maximum absolute atomic E-state index is 13.9. The number of imide groups is 1. The van der Waals surface area contributed by atoms with Crippen molar-refractivity contribution >= 4 is 65.1 Å². The average molecular weight is 704 g/mol. The smallest absolute Gasteiger partial charge is 0.352 e. The third-order valence-electron chi connectivity index (χ3n) is 8.39. The van der Waals surface area contributed by atoms with Crippen LogP contribution in [0.15, 0.2) is 41.6 Å². The number of hydrogen-bond acceptors (Lipinski definition) is 10. The molecular formula is C32H41N5O9S2. The highest BCUT2D eigenvalue weighted by Gasteiger charge is 2.65. The Morgan fingerprint density at radius 2 is 1.73 bits per heavy atom. The van der Waals surface area contributed by atoms with Gasteiger partial charge in [-0.2, -0.15) is 0 Å². The summed E-state index contributed by atoms with van der Waals surface area (Å²) in [6.45, 7) is 3.58. The van der Waals surface area contributed by atoms with Crippen LogP contribution in [0.25, 0.3) is 0 Å². The monoisotopic (exact) mass is 703 g/mol. The molecule has 260 valence electrons. The van der Waals surface area contributed by atoms with Gasteiger partial charge in [-0.1, -0.05) is 69.4 Å². The summed E-state index contributed by atoms with van der Waals surface area (Å²) in [6.07, 6.45) is 7.76. The molecule has 14 nitrogen and oxygen atoms in total. The first-order chi connectivity index (χ1) is 23.0. The van der Waals surface area contributed by atoms with Crippen molar-refractivity contribution in [3.8, 4) is 0 Å². The van der Waals surface area contributed by atoms with Crippen LogP contribution in [-0.4, -0.2) is 110 Å². The van der Waals surface area contributed by atoms with Crippen molar-refractivity contribution in [2.75, 3.05) is 38.2 Å². The number of hydrogen-bond donors (Lipinski definition) is 3. The average Bonchev–Trinajstić information content (AvgIpc) is 3.07. The first-order valence-corrected chi connectivity index (χ1v) is 18.1. The minimum atomic E-state index is -1.58. The van der Waals surface area contributed by atoms with Crippen molar-refractivity contribution in [3.05, 3.63) is 47.2 Å². The number of nitrogens with one attached hydrogen (secondary N) is 2. The fourth-order valence-corrected chi connectivity index (χ4v) is 8.41. The highest BCUT2D eigenvalue weighted by Crippen LogP contribution is 2.50. The van der Waals surface area contributed by atoms with Crippen LogP contribution in [0.3, 0.4) is 0 Å². The Morgan fingerprint density at radius 1 is 1.04 bits per heavy atom. The largest absolute Gasteiger partial charge is 0.477 e. The SMILES string of the molecule is CCCCCCCCN1CCN(C(=O)NC(C(=O)N[C@]2(SC)C(=O)N3C(C(=O)O)=C(COC(C)=O)CS[C@@H]32)c2ccccc2)C(=O)C1=O. The molecule has 3 aliphatic heterocycles. The quantitative estimate of drug-likeness (QED) is 0.0802. The van der Waals surface area contributed by atoms with E-state index in [1.807, 2.05) is 0 Å². The van der Waals surface area contributed by atoms with E-state index < -0.39 is 57.9 Å². The normalized spacial score (nSPS) is 21.4. The molecular weight excluding hydrogens is 663 g/mol. The van der Waals surface area contributed by atoms with Crippen molar-refractivity contribution in [2.45, 2.75) is 68.7 Å². The number of carboxylic acids is 1. The number of unbranched alkanes of at least 4 members (excludes halogenated alkanes) is 5. The Morgan fingerprint density at radius 3 is 2.38 bits per heavy atom. The number of aliphatic carboxylic acids is 1. The van der Waals surface area contributed by atoms with E-state index in [1.165, 1.54) is 23.6 Å². The van der Waals surface area contributed by atoms with Gasteiger partial charge in [-0.3, -0.25) is 33.8 Å². The number of ether oxygens (including phenoxy) is 1. The third-order valence-corrected chi connectivity index (χ3v) is 11.1. The molecule has 1 unspecified atom stereocenters. The van der Waals surface area contributed by atoms with Crippen LogP contribution in [0.5, 0.6) is 0 Å². The lowest BCUT2D eigenvalue weighted by Crippen LogP contribution is -2.78. The number of nitrogens with zero attached hydrogens (tertiary/aromatic N) is 3. The number of benzene rings is 1. The first kappa shape index (κ1) is 36.8. The Hall–Kier alpha value is -4.05. The van der Waals surface area contributed by atoms with Crippen LogP contribution in [0.2, 0.25) is 0 Å². The van der Waals surface area contributed by atoms with Gasteiger partial charge in [0.25, 0.3) is 5.91 Å². The summed E-state index contributed by atoms with van der Waals surface area (Å²) < 4.78 is 4.99. The van der Waals surface area contributed by atoms with E-state index in [2.05, 4.69) is 17.6 Å². The topological polar surface area (TPSA) is 183 Å². The summed E-state index contributed by atoms with van der Waals surface area (Å²) in [5.74, 6) is -5.09. The van der Waals surface area contributed by atoms with Gasteiger partial charge in [0.05, 0.1) is 0 Å². The zero-order chi connectivity index (χ0) is 35.0. The Bertz CT molecular complexity index is 1470. The second-order valence-corrected chi connectivity index (χ2v) is 13.7. The molecule has 3 aliphatic rings. The van der Waals surface area contributed by atoms with E-state index in [-0.39, 0.29) is 36.7 Å². The van der Waals surface area contributed by atoms with Gasteiger partial charge in [0.1, 0.15) is 23.7 Å². The lowest BCUT2D eigenvalue weighted by molar-refractivity contribution is -0.154. The van der Waals surface area contributed by atoms with Crippen LogP contribution in [-0.2, 0) is 33.5 Å². The molecule has 16 heteroatoms. The van der Waals surface area contributed by atoms with E-state index in [0.717, 1.165) is 60.1 Å². The van der Waals surface area contributed by atoms with Crippen LogP contribution in [0.1, 0.15) is 64.0 Å². The lowest BCUT2D eigenvalue weighted by Gasteiger charge is -2.56. The summed E-state index contributed by atoms with van der Waals surface area (Å²) >= 11 is 2.22. The summed E-state index contributed by atoms with van der Waals surface area (Å²) in [6, 6.07) is 5.92. The fraction of sp³-hybridized carbons (Fsp3) is 0.531. The molecule has 0 radical (unpaired) electrons. The van der Waals surface area contributed by atoms with Crippen molar-refractivity contribution in [1.29, 1.82) is 0 Å². The maximum Gasteiger partial charge on any atom is 0.352 e. The zero-order valence-corrected chi connectivity index (χ0v) is 28.8. The molecule has 3 atom stereocenters. The van der Waals surface area contributed by atoms with E-state index in [1.54, 1.807) is 36.6 Å². The van der Waals surface area contributed by atoms with Gasteiger partial charge in [0, 0.05) is 37.9 Å². The van der Waals surface area contributed by atoms with Gasteiger partial charge in [0.15, 0.2) is 4.87 Å². The number of carbonyl (C=O) groups excluding carboxylic acids is 6. The molecule has 1 aromatic carbocycles. The molecule has 3 heterocycles. The number of thioether (sulfide) groups is 2. The standard InChI is InChI=1S/C32H41N5O9S2/c1-4-5-6-7-8-12-15-35-16-17-36(27(41)26(35)40)31(45)33-23(21-13-10-9-11-14-21)25(39)34-32(47-3)29(44)37-24(28(42)43)22(18-46-20(2)38)19-48-30(32)37/h9-11,13-14,23,30H,4-8,12,15-19H2,1-3H3,(H,33,45)(H,34,39)(H,42,43)/t23?,30-,32+/m1/s1. The van der Waals surface area contributed by atoms with Crippen LogP contribution in [0, 0.1) is 0 Å². The molecule has 0 spiro atoms.